The number of nitrogens with zero attached hydrogens (tertiary/aromatic N) is 3. The topological polar surface area (TPSA) is 112 Å². The van der Waals surface area contributed by atoms with Crippen LogP contribution in [-0.2, 0) is 17.9 Å². The quantitative estimate of drug-likeness (QED) is 0.695. The van der Waals surface area contributed by atoms with Crippen LogP contribution in [-0.4, -0.2) is 33.6 Å². The van der Waals surface area contributed by atoms with Crippen LogP contribution in [0.5, 0.6) is 0 Å². The highest BCUT2D eigenvalue weighted by atomic mass is 32.2. The van der Waals surface area contributed by atoms with Gasteiger partial charge in [-0.3, -0.25) is 15.2 Å². The molecule has 8 nitrogen and oxygen atoms in total. The van der Waals surface area contributed by atoms with E-state index in [2.05, 4.69) is 15.8 Å². The van der Waals surface area contributed by atoms with Gasteiger partial charge in [0.2, 0.25) is 5.06 Å². The molecule has 2 rings (SSSR count). The zero-order chi connectivity index (χ0) is 17.0. The molecule has 1 aliphatic heterocycles. The Balaban J connectivity index is 2.36. The summed E-state index contributed by atoms with van der Waals surface area (Å²) in [5, 5.41) is 18.9. The number of thioether (sulfide) groups is 1. The number of hydrogen-bond donors (Lipinski definition) is 3. The number of pyridine rings is 1. The standard InChI is InChI=1S/C14H19N5O3S/c1-4-16-13-17-18-14(21,23-13)8-19-9(2)5-10(7-22-3)11(6-15)12(19)20/h5,18,21H,4,7-8H2,1-3H3,(H,16,17). The van der Waals surface area contributed by atoms with E-state index in [1.807, 2.05) is 13.0 Å². The summed E-state index contributed by atoms with van der Waals surface area (Å²) in [7, 11) is 1.50. The Morgan fingerprint density at radius 1 is 1.61 bits per heavy atom. The number of hydrazine groups is 1. The number of aryl methyl sites for hydroxylation is 1. The summed E-state index contributed by atoms with van der Waals surface area (Å²) in [6, 6.07) is 3.64. The molecule has 1 unspecified atom stereocenters. The molecule has 9 heteroatoms. The number of ether oxygens (including phenoxy) is 1. The van der Waals surface area contributed by atoms with Crippen LogP contribution in [0, 0.1) is 18.3 Å². The zero-order valence-corrected chi connectivity index (χ0v) is 14.0. The third kappa shape index (κ3) is 3.73. The molecule has 0 radical (unpaired) electrons. The number of hydrogen-bond acceptors (Lipinski definition) is 7. The van der Waals surface area contributed by atoms with Gasteiger partial charge in [-0.2, -0.15) is 10.7 Å². The summed E-state index contributed by atoms with van der Waals surface area (Å²) < 4.78 is 6.39. The predicted molar refractivity (Wildman–Crippen MR) is 87.7 cm³/mol. The van der Waals surface area contributed by atoms with E-state index < -0.39 is 10.6 Å². The summed E-state index contributed by atoms with van der Waals surface area (Å²) in [6.07, 6.45) is 0. The molecule has 0 amide bonds. The van der Waals surface area contributed by atoms with Crippen molar-refractivity contribution >= 4 is 16.9 Å². The number of nitrogens with one attached hydrogen (secondary N) is 2. The third-order valence-corrected chi connectivity index (χ3v) is 4.30. The average molecular weight is 337 g/mol. The van der Waals surface area contributed by atoms with Crippen molar-refractivity contribution in [3.63, 3.8) is 0 Å². The summed E-state index contributed by atoms with van der Waals surface area (Å²) in [5.41, 5.74) is 6.26. The number of aromatic nitrogens is 1. The van der Waals surface area contributed by atoms with Crippen LogP contribution in [0.4, 0.5) is 0 Å². The Morgan fingerprint density at radius 3 is 2.96 bits per heavy atom. The molecule has 1 atom stereocenters. The van der Waals surface area contributed by atoms with Crippen molar-refractivity contribution in [2.45, 2.75) is 32.1 Å². The van der Waals surface area contributed by atoms with Crippen molar-refractivity contribution in [1.82, 2.24) is 15.4 Å². The lowest BCUT2D eigenvalue weighted by Gasteiger charge is -2.23. The second kappa shape index (κ2) is 7.14. The number of rotatable bonds is 5. The highest BCUT2D eigenvalue weighted by molar-refractivity contribution is 8.15. The molecule has 1 fully saturated rings. The normalized spacial score (nSPS) is 22.1. The largest absolute Gasteiger partial charge is 0.380 e. The minimum absolute atomic E-state index is 0.0273. The molecule has 3 N–H and O–H groups in total. The number of amidine groups is 1. The second-order valence-electron chi connectivity index (χ2n) is 5.04. The maximum Gasteiger partial charge on any atom is 0.269 e. The number of aliphatic hydroxyl groups is 1. The molecule has 124 valence electrons. The van der Waals surface area contributed by atoms with Crippen molar-refractivity contribution in [3.05, 3.63) is 33.2 Å². The first-order chi connectivity index (χ1) is 10.9. The Bertz CT molecular complexity index is 724. The van der Waals surface area contributed by atoms with E-state index in [0.29, 0.717) is 23.0 Å². The lowest BCUT2D eigenvalue weighted by atomic mass is 10.1. The van der Waals surface area contributed by atoms with Gasteiger partial charge in [-0.15, -0.1) is 0 Å². The Kier molecular flexibility index (Phi) is 5.43. The van der Waals surface area contributed by atoms with E-state index in [9.17, 15) is 15.2 Å². The summed E-state index contributed by atoms with van der Waals surface area (Å²) >= 11 is 1.09. The average Bonchev–Trinajstić information content (AvgIpc) is 2.86. The monoisotopic (exact) mass is 337 g/mol. The van der Waals surface area contributed by atoms with E-state index in [0.717, 1.165) is 11.8 Å². The summed E-state index contributed by atoms with van der Waals surface area (Å²) in [6.45, 7) is 4.37. The first kappa shape index (κ1) is 17.5. The third-order valence-electron chi connectivity index (χ3n) is 3.31. The second-order valence-corrected chi connectivity index (χ2v) is 6.30. The van der Waals surface area contributed by atoms with Crippen molar-refractivity contribution < 1.29 is 9.84 Å². The smallest absolute Gasteiger partial charge is 0.269 e. The fraction of sp³-hybridized carbons (Fsp3) is 0.500. The van der Waals surface area contributed by atoms with Gasteiger partial charge in [-0.1, -0.05) is 0 Å². The van der Waals surface area contributed by atoms with Crippen molar-refractivity contribution in [1.29, 1.82) is 5.26 Å². The van der Waals surface area contributed by atoms with E-state index in [-0.39, 0.29) is 18.7 Å². The molecule has 23 heavy (non-hydrogen) atoms. The van der Waals surface area contributed by atoms with Crippen LogP contribution in [0.3, 0.4) is 0 Å². The SMILES string of the molecule is CCN=C1NNC(O)(Cn2c(C)cc(COC)c(C#N)c2=O)S1. The van der Waals surface area contributed by atoms with Crippen LogP contribution in [0.2, 0.25) is 0 Å². The molecular formula is C14H19N5O3S. The lowest BCUT2D eigenvalue weighted by Crippen LogP contribution is -2.48. The van der Waals surface area contributed by atoms with Gasteiger partial charge in [0, 0.05) is 24.9 Å². The molecule has 1 aromatic rings. The molecule has 0 aliphatic carbocycles. The van der Waals surface area contributed by atoms with Crippen LogP contribution in [0.15, 0.2) is 15.9 Å². The number of methoxy groups -OCH3 is 1. The maximum atomic E-state index is 12.5. The van der Waals surface area contributed by atoms with Crippen molar-refractivity contribution in [2.75, 3.05) is 13.7 Å². The predicted octanol–water partition coefficient (Wildman–Crippen LogP) is 0.0378. The van der Waals surface area contributed by atoms with Gasteiger partial charge in [0.25, 0.3) is 5.56 Å². The van der Waals surface area contributed by atoms with Crippen LogP contribution >= 0.6 is 11.8 Å². The molecule has 1 aromatic heterocycles. The van der Waals surface area contributed by atoms with Gasteiger partial charge < -0.3 is 14.4 Å². The minimum atomic E-state index is -1.42. The molecule has 1 saturated heterocycles. The summed E-state index contributed by atoms with van der Waals surface area (Å²) in [4.78, 5) is 16.7. The molecule has 0 spiro atoms. The molecule has 2 heterocycles. The molecule has 1 aliphatic rings. The molecular weight excluding hydrogens is 318 g/mol. The minimum Gasteiger partial charge on any atom is -0.380 e. The maximum absolute atomic E-state index is 12.5. The van der Waals surface area contributed by atoms with Crippen LogP contribution in [0.1, 0.15) is 23.7 Å². The van der Waals surface area contributed by atoms with E-state index in [1.54, 1.807) is 13.0 Å². The highest BCUT2D eigenvalue weighted by Crippen LogP contribution is 2.26. The van der Waals surface area contributed by atoms with Crippen molar-refractivity contribution in [3.8, 4) is 6.07 Å². The van der Waals surface area contributed by atoms with Gasteiger partial charge in [0.1, 0.15) is 11.6 Å². The zero-order valence-electron chi connectivity index (χ0n) is 13.2. The van der Waals surface area contributed by atoms with Gasteiger partial charge in [-0.05, 0) is 31.7 Å². The molecule has 0 bridgehead atoms. The highest BCUT2D eigenvalue weighted by Gasteiger charge is 2.37. The van der Waals surface area contributed by atoms with E-state index in [1.165, 1.54) is 11.7 Å². The Labute approximate surface area is 138 Å². The van der Waals surface area contributed by atoms with Crippen LogP contribution < -0.4 is 16.4 Å². The van der Waals surface area contributed by atoms with Crippen molar-refractivity contribution in [2.24, 2.45) is 4.99 Å². The fourth-order valence-electron chi connectivity index (χ4n) is 2.28. The first-order valence-corrected chi connectivity index (χ1v) is 7.87. The van der Waals surface area contributed by atoms with Gasteiger partial charge >= 0.3 is 0 Å². The fourth-order valence-corrected chi connectivity index (χ4v) is 3.20. The summed E-state index contributed by atoms with van der Waals surface area (Å²) in [5.74, 6) is 0. The first-order valence-electron chi connectivity index (χ1n) is 7.05. The molecule has 0 saturated carbocycles. The molecule has 0 aromatic carbocycles. The Morgan fingerprint density at radius 2 is 2.35 bits per heavy atom. The van der Waals surface area contributed by atoms with Crippen LogP contribution in [0.25, 0.3) is 0 Å². The lowest BCUT2D eigenvalue weighted by molar-refractivity contribution is 0.0783. The number of aliphatic imine (C=N–C) groups is 1. The number of nitriles is 1. The van der Waals surface area contributed by atoms with E-state index >= 15 is 0 Å². The van der Waals surface area contributed by atoms with Gasteiger partial charge in [-0.25, -0.2) is 0 Å². The Hall–Kier alpha value is -1.86. The van der Waals surface area contributed by atoms with Gasteiger partial charge in [0.05, 0.1) is 13.2 Å². The van der Waals surface area contributed by atoms with Gasteiger partial charge in [0.15, 0.2) is 5.17 Å². The van der Waals surface area contributed by atoms with E-state index in [4.69, 9.17) is 4.74 Å².